The first-order chi connectivity index (χ1) is 13.6. The molecule has 0 radical (unpaired) electrons. The van der Waals surface area contributed by atoms with Gasteiger partial charge in [0.1, 0.15) is 12.7 Å². The molecule has 1 atom stereocenters. The van der Waals surface area contributed by atoms with Crippen molar-refractivity contribution in [3.05, 3.63) is 60.7 Å². The number of carbonyl (C=O) groups is 1. The second-order valence-electron chi connectivity index (χ2n) is 6.64. The van der Waals surface area contributed by atoms with Crippen molar-refractivity contribution in [2.24, 2.45) is 0 Å². The summed E-state index contributed by atoms with van der Waals surface area (Å²) in [6.45, 7) is 2.54. The van der Waals surface area contributed by atoms with E-state index in [1.165, 1.54) is 6.33 Å². The van der Waals surface area contributed by atoms with Crippen LogP contribution in [-0.2, 0) is 4.79 Å². The fourth-order valence-electron chi connectivity index (χ4n) is 3.04. The van der Waals surface area contributed by atoms with Gasteiger partial charge in [0, 0.05) is 17.8 Å². The van der Waals surface area contributed by atoms with Crippen LogP contribution < -0.4 is 14.8 Å². The molecule has 1 N–H and O–H groups in total. The molecular weight excluding hydrogens is 358 g/mol. The van der Waals surface area contributed by atoms with E-state index < -0.39 is 0 Å². The maximum absolute atomic E-state index is 12.4. The van der Waals surface area contributed by atoms with Gasteiger partial charge in [-0.2, -0.15) is 5.10 Å². The summed E-state index contributed by atoms with van der Waals surface area (Å²) in [4.78, 5) is 18.4. The molecule has 8 nitrogen and oxygen atoms in total. The zero-order valence-electron chi connectivity index (χ0n) is 15.7. The molecule has 1 aliphatic rings. The Kier molecular flexibility index (Phi) is 4.94. The lowest BCUT2D eigenvalue weighted by molar-refractivity contribution is -0.117. The van der Waals surface area contributed by atoms with Gasteiger partial charge in [-0.3, -0.25) is 9.69 Å². The molecule has 28 heavy (non-hydrogen) atoms. The van der Waals surface area contributed by atoms with Crippen LogP contribution in [0.4, 0.5) is 5.69 Å². The largest absolute Gasteiger partial charge is 0.454 e. The van der Waals surface area contributed by atoms with Crippen molar-refractivity contribution in [1.29, 1.82) is 0 Å². The molecule has 0 aliphatic carbocycles. The number of nitrogens with zero attached hydrogens (tertiary/aromatic N) is 4. The van der Waals surface area contributed by atoms with Crippen molar-refractivity contribution in [3.63, 3.8) is 0 Å². The fourth-order valence-corrected chi connectivity index (χ4v) is 3.04. The molecule has 4 rings (SSSR count). The number of likely N-dealkylation sites (N-methyl/N-ethyl adjacent to an activating group) is 1. The molecule has 0 fully saturated rings. The number of amides is 1. The number of ether oxygens (including phenoxy) is 2. The number of benzene rings is 2. The summed E-state index contributed by atoms with van der Waals surface area (Å²) in [7, 11) is 1.93. The van der Waals surface area contributed by atoms with E-state index in [4.69, 9.17) is 9.47 Å². The van der Waals surface area contributed by atoms with Crippen molar-refractivity contribution in [1.82, 2.24) is 19.7 Å². The Balaban J connectivity index is 1.36. The van der Waals surface area contributed by atoms with Crippen LogP contribution in [-0.4, -0.2) is 46.0 Å². The van der Waals surface area contributed by atoms with Crippen molar-refractivity contribution in [3.8, 4) is 17.2 Å². The van der Waals surface area contributed by atoms with E-state index >= 15 is 0 Å². The quantitative estimate of drug-likeness (QED) is 0.709. The number of aromatic nitrogens is 3. The summed E-state index contributed by atoms with van der Waals surface area (Å²) in [5, 5.41) is 7.02. The van der Waals surface area contributed by atoms with Gasteiger partial charge < -0.3 is 14.8 Å². The third-order valence-corrected chi connectivity index (χ3v) is 4.77. The SMILES string of the molecule is C[C@@H](c1ccc(-n2cncn2)cc1)N(C)CC(=O)Nc1ccc2c(c1)OCO2. The Morgan fingerprint density at radius 3 is 2.75 bits per heavy atom. The maximum atomic E-state index is 12.4. The topological polar surface area (TPSA) is 81.5 Å². The predicted octanol–water partition coefficient (Wildman–Crippen LogP) is 2.63. The number of nitrogens with one attached hydrogen (secondary N) is 1. The molecule has 0 unspecified atom stereocenters. The van der Waals surface area contributed by atoms with Crippen LogP contribution >= 0.6 is 0 Å². The molecule has 0 bridgehead atoms. The summed E-state index contributed by atoms with van der Waals surface area (Å²) in [6, 6.07) is 13.5. The lowest BCUT2D eigenvalue weighted by Gasteiger charge is -2.24. The number of anilines is 1. The van der Waals surface area contributed by atoms with E-state index in [1.54, 1.807) is 29.2 Å². The Labute approximate surface area is 162 Å². The van der Waals surface area contributed by atoms with Crippen LogP contribution in [0.5, 0.6) is 11.5 Å². The molecule has 0 spiro atoms. The van der Waals surface area contributed by atoms with Crippen LogP contribution in [0, 0.1) is 0 Å². The average molecular weight is 379 g/mol. The molecule has 3 aromatic rings. The normalized spacial score (nSPS) is 13.5. The summed E-state index contributed by atoms with van der Waals surface area (Å²) >= 11 is 0. The Morgan fingerprint density at radius 2 is 2.00 bits per heavy atom. The summed E-state index contributed by atoms with van der Waals surface area (Å²) in [5.74, 6) is 1.25. The molecule has 2 aromatic carbocycles. The zero-order valence-corrected chi connectivity index (χ0v) is 15.7. The lowest BCUT2D eigenvalue weighted by Crippen LogP contribution is -2.32. The number of hydrogen-bond donors (Lipinski definition) is 1. The van der Waals surface area contributed by atoms with Gasteiger partial charge in [0.15, 0.2) is 11.5 Å². The Hall–Kier alpha value is -3.39. The minimum absolute atomic E-state index is 0.0762. The van der Waals surface area contributed by atoms with E-state index in [1.807, 2.05) is 36.2 Å². The van der Waals surface area contributed by atoms with E-state index in [0.717, 1.165) is 11.3 Å². The number of hydrogen-bond acceptors (Lipinski definition) is 6. The van der Waals surface area contributed by atoms with Crippen LogP contribution in [0.25, 0.3) is 5.69 Å². The molecule has 2 heterocycles. The number of rotatable bonds is 6. The first-order valence-corrected chi connectivity index (χ1v) is 8.95. The van der Waals surface area contributed by atoms with E-state index in [0.29, 0.717) is 17.2 Å². The van der Waals surface area contributed by atoms with Crippen molar-refractivity contribution in [2.45, 2.75) is 13.0 Å². The molecule has 8 heteroatoms. The highest BCUT2D eigenvalue weighted by Crippen LogP contribution is 2.34. The zero-order chi connectivity index (χ0) is 19.5. The Morgan fingerprint density at radius 1 is 1.21 bits per heavy atom. The van der Waals surface area contributed by atoms with Gasteiger partial charge in [0.25, 0.3) is 0 Å². The average Bonchev–Trinajstić information content (AvgIpc) is 3.39. The smallest absolute Gasteiger partial charge is 0.238 e. The van der Waals surface area contributed by atoms with E-state index in [2.05, 4.69) is 22.3 Å². The van der Waals surface area contributed by atoms with Gasteiger partial charge in [-0.1, -0.05) is 12.1 Å². The van der Waals surface area contributed by atoms with Crippen molar-refractivity contribution in [2.75, 3.05) is 25.7 Å². The second-order valence-corrected chi connectivity index (χ2v) is 6.64. The summed E-state index contributed by atoms with van der Waals surface area (Å²) < 4.78 is 12.3. The monoisotopic (exact) mass is 379 g/mol. The first-order valence-electron chi connectivity index (χ1n) is 8.95. The molecule has 1 aliphatic heterocycles. The lowest BCUT2D eigenvalue weighted by atomic mass is 10.1. The molecular formula is C20H21N5O3. The maximum Gasteiger partial charge on any atom is 0.238 e. The van der Waals surface area contributed by atoms with Crippen LogP contribution in [0.3, 0.4) is 0 Å². The van der Waals surface area contributed by atoms with Crippen LogP contribution in [0.1, 0.15) is 18.5 Å². The van der Waals surface area contributed by atoms with E-state index in [9.17, 15) is 4.79 Å². The van der Waals surface area contributed by atoms with Gasteiger partial charge in [-0.05, 0) is 43.8 Å². The van der Waals surface area contributed by atoms with Gasteiger partial charge in [0.2, 0.25) is 12.7 Å². The van der Waals surface area contributed by atoms with Crippen LogP contribution in [0.2, 0.25) is 0 Å². The van der Waals surface area contributed by atoms with Gasteiger partial charge >= 0.3 is 0 Å². The molecule has 0 saturated carbocycles. The fraction of sp³-hybridized carbons (Fsp3) is 0.250. The van der Waals surface area contributed by atoms with Crippen LogP contribution in [0.15, 0.2) is 55.1 Å². The standard InChI is InChI=1S/C20H21N5O3/c1-14(15-3-6-17(7-4-15)25-12-21-11-22-25)24(2)10-20(26)23-16-5-8-18-19(9-16)28-13-27-18/h3-9,11-12,14H,10,13H2,1-2H3,(H,23,26)/t14-/m0/s1. The summed E-state index contributed by atoms with van der Waals surface area (Å²) in [5.41, 5.74) is 2.74. The van der Waals surface area contributed by atoms with Gasteiger partial charge in [-0.25, -0.2) is 9.67 Å². The minimum Gasteiger partial charge on any atom is -0.454 e. The molecule has 0 saturated heterocycles. The number of fused-ring (bicyclic) bond motifs is 1. The van der Waals surface area contributed by atoms with Gasteiger partial charge in [0.05, 0.1) is 12.2 Å². The number of carbonyl (C=O) groups excluding carboxylic acids is 1. The highest BCUT2D eigenvalue weighted by Gasteiger charge is 2.17. The molecule has 1 amide bonds. The molecule has 1 aromatic heterocycles. The highest BCUT2D eigenvalue weighted by atomic mass is 16.7. The highest BCUT2D eigenvalue weighted by molar-refractivity contribution is 5.92. The van der Waals surface area contributed by atoms with Gasteiger partial charge in [-0.15, -0.1) is 0 Å². The Bertz CT molecular complexity index is 956. The predicted molar refractivity (Wildman–Crippen MR) is 104 cm³/mol. The van der Waals surface area contributed by atoms with Crippen molar-refractivity contribution < 1.29 is 14.3 Å². The van der Waals surface area contributed by atoms with Crippen molar-refractivity contribution >= 4 is 11.6 Å². The molecule has 144 valence electrons. The minimum atomic E-state index is -0.0903. The second kappa shape index (κ2) is 7.69. The third-order valence-electron chi connectivity index (χ3n) is 4.77. The summed E-state index contributed by atoms with van der Waals surface area (Å²) in [6.07, 6.45) is 3.16. The first kappa shape index (κ1) is 18.0. The third kappa shape index (κ3) is 3.81. The van der Waals surface area contributed by atoms with E-state index in [-0.39, 0.29) is 25.3 Å².